The maximum Gasteiger partial charge on any atom is 0.0136 e. The van der Waals surface area contributed by atoms with Crippen LogP contribution in [0.25, 0.3) is 0 Å². The van der Waals surface area contributed by atoms with Gasteiger partial charge in [0.05, 0.1) is 0 Å². The second-order valence-electron chi connectivity index (χ2n) is 3.10. The Kier molecular flexibility index (Phi) is 13.1. The highest BCUT2D eigenvalue weighted by Gasteiger charge is 1.83. The highest BCUT2D eigenvalue weighted by molar-refractivity contribution is 5.07. The zero-order valence-corrected chi connectivity index (χ0v) is 9.43. The van der Waals surface area contributed by atoms with Crippen LogP contribution in [0, 0.1) is 0 Å². The molecule has 0 aliphatic heterocycles. The van der Waals surface area contributed by atoms with E-state index in [9.17, 15) is 0 Å². The average Bonchev–Trinajstić information content (AvgIpc) is 2.14. The van der Waals surface area contributed by atoms with E-state index in [2.05, 4.69) is 33.8 Å². The second-order valence-corrected chi connectivity index (χ2v) is 3.10. The van der Waals surface area contributed by atoms with E-state index in [-0.39, 0.29) is 0 Å². The summed E-state index contributed by atoms with van der Waals surface area (Å²) in [5, 5.41) is 0. The molecule has 78 valence electrons. The Labute approximate surface area is 82.7 Å². The Hall–Kier alpha value is -0.600. The third-order valence-corrected chi connectivity index (χ3v) is 1.70. The molecular formula is C11H24N2. The van der Waals surface area contributed by atoms with Gasteiger partial charge in [0.15, 0.2) is 0 Å². The van der Waals surface area contributed by atoms with Crippen molar-refractivity contribution in [2.45, 2.75) is 34.1 Å². The Balaban J connectivity index is 0. The van der Waals surface area contributed by atoms with Gasteiger partial charge in [0.2, 0.25) is 0 Å². The van der Waals surface area contributed by atoms with Gasteiger partial charge in [0.1, 0.15) is 0 Å². The van der Waals surface area contributed by atoms with Crippen LogP contribution in [-0.4, -0.2) is 13.1 Å². The molecule has 0 bridgehead atoms. The summed E-state index contributed by atoms with van der Waals surface area (Å²) in [5.74, 6) is 0. The van der Waals surface area contributed by atoms with E-state index >= 15 is 0 Å². The smallest absolute Gasteiger partial charge is 0.0136 e. The fraction of sp³-hybridized carbons (Fsp3) is 0.636. The summed E-state index contributed by atoms with van der Waals surface area (Å²) >= 11 is 0. The number of rotatable bonds is 3. The summed E-state index contributed by atoms with van der Waals surface area (Å²) in [6.07, 6.45) is 5.11. The zero-order chi connectivity index (χ0) is 10.7. The average molecular weight is 184 g/mol. The van der Waals surface area contributed by atoms with E-state index in [1.54, 1.807) is 0 Å². The molecule has 0 saturated heterocycles. The SMILES string of the molecule is CC(C)=C(C)CN.CCC=CCN. The minimum Gasteiger partial charge on any atom is -0.327 e. The van der Waals surface area contributed by atoms with E-state index in [1.807, 2.05) is 6.08 Å². The van der Waals surface area contributed by atoms with Crippen LogP contribution < -0.4 is 11.5 Å². The van der Waals surface area contributed by atoms with Crippen LogP contribution in [0.1, 0.15) is 34.1 Å². The number of hydrogen-bond donors (Lipinski definition) is 2. The maximum absolute atomic E-state index is 5.32. The predicted octanol–water partition coefficient (Wildman–Crippen LogP) is 2.21. The standard InChI is InChI=1S/C6H13N.C5H11N/c1-5(2)6(3)4-7;1-2-3-4-5-6/h4,7H2,1-3H3;3-4H,2,5-6H2,1H3. The predicted molar refractivity (Wildman–Crippen MR) is 61.6 cm³/mol. The molecule has 0 aliphatic carbocycles. The van der Waals surface area contributed by atoms with Gasteiger partial charge in [-0.2, -0.15) is 0 Å². The van der Waals surface area contributed by atoms with E-state index in [0.717, 1.165) is 6.42 Å². The number of hydrogen-bond acceptors (Lipinski definition) is 2. The molecule has 0 saturated carbocycles. The van der Waals surface area contributed by atoms with Gasteiger partial charge in [-0.3, -0.25) is 0 Å². The maximum atomic E-state index is 5.32. The van der Waals surface area contributed by atoms with Crippen molar-refractivity contribution in [2.24, 2.45) is 11.5 Å². The quantitative estimate of drug-likeness (QED) is 0.661. The highest BCUT2D eigenvalue weighted by Crippen LogP contribution is 1.96. The Bertz CT molecular complexity index is 147. The van der Waals surface area contributed by atoms with E-state index in [0.29, 0.717) is 13.1 Å². The molecule has 0 amide bonds. The van der Waals surface area contributed by atoms with Crippen LogP contribution in [0.5, 0.6) is 0 Å². The summed E-state index contributed by atoms with van der Waals surface area (Å²) in [5.41, 5.74) is 13.1. The zero-order valence-electron chi connectivity index (χ0n) is 9.43. The van der Waals surface area contributed by atoms with Crippen LogP contribution in [0.15, 0.2) is 23.3 Å². The van der Waals surface area contributed by atoms with Gasteiger partial charge in [-0.05, 0) is 27.2 Å². The molecule has 4 N–H and O–H groups in total. The molecule has 13 heavy (non-hydrogen) atoms. The van der Waals surface area contributed by atoms with Crippen molar-refractivity contribution in [3.63, 3.8) is 0 Å². The summed E-state index contributed by atoms with van der Waals surface area (Å²) in [7, 11) is 0. The first-order valence-electron chi connectivity index (χ1n) is 4.78. The molecule has 2 nitrogen and oxygen atoms in total. The molecule has 2 heteroatoms. The first-order valence-corrected chi connectivity index (χ1v) is 4.78. The van der Waals surface area contributed by atoms with E-state index in [1.165, 1.54) is 11.1 Å². The molecule has 0 rings (SSSR count). The molecule has 0 aliphatic rings. The van der Waals surface area contributed by atoms with Crippen LogP contribution in [0.3, 0.4) is 0 Å². The van der Waals surface area contributed by atoms with Gasteiger partial charge in [-0.15, -0.1) is 0 Å². The molecule has 0 unspecified atom stereocenters. The highest BCUT2D eigenvalue weighted by atomic mass is 14.5. The fourth-order valence-corrected chi connectivity index (χ4v) is 0.467. The third kappa shape index (κ3) is 14.3. The van der Waals surface area contributed by atoms with Crippen LogP contribution in [0.4, 0.5) is 0 Å². The fourth-order valence-electron chi connectivity index (χ4n) is 0.467. The van der Waals surface area contributed by atoms with Crippen molar-refractivity contribution in [1.82, 2.24) is 0 Å². The summed E-state index contributed by atoms with van der Waals surface area (Å²) in [6.45, 7) is 9.65. The minimum atomic E-state index is 0.674. The van der Waals surface area contributed by atoms with Crippen LogP contribution in [-0.2, 0) is 0 Å². The topological polar surface area (TPSA) is 52.0 Å². The summed E-state index contributed by atoms with van der Waals surface area (Å²) < 4.78 is 0. The van der Waals surface area contributed by atoms with Crippen LogP contribution in [0.2, 0.25) is 0 Å². The normalized spacial score (nSPS) is 9.38. The summed E-state index contributed by atoms with van der Waals surface area (Å²) in [6, 6.07) is 0. The lowest BCUT2D eigenvalue weighted by molar-refractivity contribution is 1.09. The summed E-state index contributed by atoms with van der Waals surface area (Å²) in [4.78, 5) is 0. The molecule has 0 heterocycles. The van der Waals surface area contributed by atoms with E-state index in [4.69, 9.17) is 11.5 Å². The molecule has 0 radical (unpaired) electrons. The van der Waals surface area contributed by atoms with Crippen molar-refractivity contribution < 1.29 is 0 Å². The van der Waals surface area contributed by atoms with Gasteiger partial charge in [0.25, 0.3) is 0 Å². The second kappa shape index (κ2) is 11.4. The first kappa shape index (κ1) is 14.9. The molecule has 0 aromatic rings. The Morgan fingerprint density at radius 2 is 1.62 bits per heavy atom. The van der Waals surface area contributed by atoms with Crippen molar-refractivity contribution in [2.75, 3.05) is 13.1 Å². The Morgan fingerprint density at radius 1 is 1.08 bits per heavy atom. The van der Waals surface area contributed by atoms with Crippen molar-refractivity contribution in [1.29, 1.82) is 0 Å². The van der Waals surface area contributed by atoms with Gasteiger partial charge >= 0.3 is 0 Å². The molecule has 0 aromatic heterocycles. The lowest BCUT2D eigenvalue weighted by Gasteiger charge is -1.94. The van der Waals surface area contributed by atoms with Crippen molar-refractivity contribution in [3.8, 4) is 0 Å². The van der Waals surface area contributed by atoms with Gasteiger partial charge in [-0.1, -0.05) is 30.2 Å². The Morgan fingerprint density at radius 3 is 1.69 bits per heavy atom. The minimum absolute atomic E-state index is 0.674. The molecule has 0 atom stereocenters. The lowest BCUT2D eigenvalue weighted by atomic mass is 10.2. The van der Waals surface area contributed by atoms with E-state index < -0.39 is 0 Å². The van der Waals surface area contributed by atoms with Gasteiger partial charge < -0.3 is 11.5 Å². The van der Waals surface area contributed by atoms with Gasteiger partial charge in [0, 0.05) is 13.1 Å². The lowest BCUT2D eigenvalue weighted by Crippen LogP contribution is -2.00. The molecule has 0 aromatic carbocycles. The van der Waals surface area contributed by atoms with Gasteiger partial charge in [-0.25, -0.2) is 0 Å². The first-order chi connectivity index (χ1) is 6.09. The molecule has 0 spiro atoms. The number of allylic oxidation sites excluding steroid dienone is 2. The third-order valence-electron chi connectivity index (χ3n) is 1.70. The van der Waals surface area contributed by atoms with Crippen LogP contribution >= 0.6 is 0 Å². The van der Waals surface area contributed by atoms with Crippen molar-refractivity contribution >= 4 is 0 Å². The molecular weight excluding hydrogens is 160 g/mol. The largest absolute Gasteiger partial charge is 0.327 e. The molecule has 0 fully saturated rings. The monoisotopic (exact) mass is 184 g/mol. The van der Waals surface area contributed by atoms with Crippen molar-refractivity contribution in [3.05, 3.63) is 23.3 Å². The number of nitrogens with two attached hydrogens (primary N) is 2.